The molecule has 2 atom stereocenters. The molecule has 2 aromatic carbocycles. The van der Waals surface area contributed by atoms with Gasteiger partial charge in [0, 0.05) is 11.1 Å². The summed E-state index contributed by atoms with van der Waals surface area (Å²) >= 11 is 1.46. The van der Waals surface area contributed by atoms with Crippen molar-refractivity contribution in [3.63, 3.8) is 0 Å². The molecule has 1 aromatic heterocycles. The zero-order chi connectivity index (χ0) is 24.2. The Labute approximate surface area is 202 Å². The molecule has 0 saturated carbocycles. The number of fused-ring (bicyclic) bond motifs is 1. The molecule has 176 valence electrons. The van der Waals surface area contributed by atoms with Crippen LogP contribution in [0.4, 0.5) is 0 Å². The molecule has 1 amide bonds. The number of nitrogens with one attached hydrogen (secondary N) is 1. The lowest BCUT2D eigenvalue weighted by Crippen LogP contribution is -2.45. The van der Waals surface area contributed by atoms with Gasteiger partial charge in [0.05, 0.1) is 24.3 Å². The third-order valence-corrected chi connectivity index (χ3v) is 6.73. The summed E-state index contributed by atoms with van der Waals surface area (Å²) in [5, 5.41) is 32.0. The average molecular weight is 478 g/mol. The summed E-state index contributed by atoms with van der Waals surface area (Å²) in [5.41, 5.74) is 10.1. The number of aliphatic hydroxyl groups is 1. The molecular weight excluding hydrogens is 450 g/mol. The first-order chi connectivity index (χ1) is 16.4. The first kappa shape index (κ1) is 23.8. The molecule has 0 unspecified atom stereocenters. The second-order valence-corrected chi connectivity index (χ2v) is 9.50. The maximum Gasteiger partial charge on any atom is 0.239 e. The average Bonchev–Trinajstić information content (AvgIpc) is 3.33. The largest absolute Gasteiger partial charge is 0.490 e. The molecule has 3 aromatic rings. The lowest BCUT2D eigenvalue weighted by atomic mass is 9.85. The van der Waals surface area contributed by atoms with Crippen molar-refractivity contribution in [3.8, 4) is 33.0 Å². The number of rotatable bonds is 7. The van der Waals surface area contributed by atoms with Crippen LogP contribution in [0.5, 0.6) is 5.75 Å². The van der Waals surface area contributed by atoms with Crippen molar-refractivity contribution in [2.75, 3.05) is 6.61 Å². The second kappa shape index (κ2) is 10.3. The predicted octanol–water partition coefficient (Wildman–Crippen LogP) is 3.34. The maximum atomic E-state index is 12.3. The number of amides is 1. The summed E-state index contributed by atoms with van der Waals surface area (Å²) in [7, 11) is 0. The first-order valence-corrected chi connectivity index (χ1v) is 12.1. The predicted molar refractivity (Wildman–Crippen MR) is 130 cm³/mol. The van der Waals surface area contributed by atoms with Crippen molar-refractivity contribution >= 4 is 17.2 Å². The fourth-order valence-electron chi connectivity index (χ4n) is 4.12. The number of carbonyl (C=O) groups excluding carboxylic acids is 1. The topological polar surface area (TPSA) is 134 Å². The zero-order valence-corrected chi connectivity index (χ0v) is 19.9. The highest BCUT2D eigenvalue weighted by molar-refractivity contribution is 7.17. The van der Waals surface area contributed by atoms with Crippen LogP contribution in [0.1, 0.15) is 49.4 Å². The van der Waals surface area contributed by atoms with Crippen LogP contribution < -0.4 is 15.8 Å². The second-order valence-electron chi connectivity index (χ2n) is 8.52. The maximum absolute atomic E-state index is 12.3. The molecule has 0 saturated heterocycles. The normalized spacial score (nSPS) is 15.9. The standard InChI is InChI=1S/C25H27N5O3S/c1-14(2)33-22-10-9-15(11-16(22)12-26)24-29-30-25(34-24)19-7-3-6-18-17(19)5-4-8-21(18)28-23(32)20(27)13-31/h3,6-7,9-11,14,20-21,31H,4-5,8,13,27H2,1-2H3,(H,28,32)/t20-,21+/m0/s1. The SMILES string of the molecule is CC(C)Oc1ccc(-c2nnc(-c3cccc4c3CCC[C@H]4NC(=O)[C@@H](N)CO)s2)cc1C#N. The number of aromatic nitrogens is 2. The van der Waals surface area contributed by atoms with Gasteiger partial charge in [-0.3, -0.25) is 4.79 Å². The smallest absolute Gasteiger partial charge is 0.239 e. The van der Waals surface area contributed by atoms with E-state index in [9.17, 15) is 15.2 Å². The van der Waals surface area contributed by atoms with Crippen molar-refractivity contribution in [2.24, 2.45) is 5.73 Å². The number of nitriles is 1. The van der Waals surface area contributed by atoms with E-state index < -0.39 is 12.6 Å². The summed E-state index contributed by atoms with van der Waals surface area (Å²) in [6.45, 7) is 3.45. The van der Waals surface area contributed by atoms with Gasteiger partial charge in [-0.2, -0.15) is 5.26 Å². The molecule has 1 heterocycles. The van der Waals surface area contributed by atoms with Gasteiger partial charge in [-0.1, -0.05) is 29.5 Å². The monoisotopic (exact) mass is 477 g/mol. The van der Waals surface area contributed by atoms with E-state index in [1.807, 2.05) is 38.1 Å². The summed E-state index contributed by atoms with van der Waals surface area (Å²) in [5.74, 6) is 0.194. The molecule has 0 radical (unpaired) electrons. The molecule has 9 heteroatoms. The van der Waals surface area contributed by atoms with Crippen molar-refractivity contribution in [2.45, 2.75) is 51.3 Å². The summed E-state index contributed by atoms with van der Waals surface area (Å²) < 4.78 is 5.72. The van der Waals surface area contributed by atoms with Gasteiger partial charge in [0.25, 0.3) is 0 Å². The van der Waals surface area contributed by atoms with Gasteiger partial charge in [-0.25, -0.2) is 0 Å². The molecular formula is C25H27N5O3S. The minimum absolute atomic E-state index is 0.0247. The number of benzene rings is 2. The van der Waals surface area contributed by atoms with Gasteiger partial charge < -0.3 is 20.9 Å². The van der Waals surface area contributed by atoms with E-state index >= 15 is 0 Å². The quantitative estimate of drug-likeness (QED) is 0.475. The van der Waals surface area contributed by atoms with Crippen LogP contribution in [0.25, 0.3) is 21.1 Å². The van der Waals surface area contributed by atoms with Crippen LogP contribution in [-0.2, 0) is 11.2 Å². The minimum Gasteiger partial charge on any atom is -0.490 e. The summed E-state index contributed by atoms with van der Waals surface area (Å²) in [6.07, 6.45) is 2.57. The molecule has 4 N–H and O–H groups in total. The Morgan fingerprint density at radius 3 is 2.85 bits per heavy atom. The lowest BCUT2D eigenvalue weighted by Gasteiger charge is -2.28. The summed E-state index contributed by atoms with van der Waals surface area (Å²) in [6, 6.07) is 12.6. The van der Waals surface area contributed by atoms with Gasteiger partial charge in [0.15, 0.2) is 0 Å². The number of hydrogen-bond acceptors (Lipinski definition) is 8. The van der Waals surface area contributed by atoms with E-state index in [0.717, 1.165) is 51.5 Å². The van der Waals surface area contributed by atoms with Crippen LogP contribution in [-0.4, -0.2) is 40.0 Å². The third kappa shape index (κ3) is 4.94. The fourth-order valence-corrected chi connectivity index (χ4v) is 5.01. The highest BCUT2D eigenvalue weighted by atomic mass is 32.1. The number of aliphatic hydroxyl groups excluding tert-OH is 1. The molecule has 0 fully saturated rings. The van der Waals surface area contributed by atoms with Crippen LogP contribution in [0.15, 0.2) is 36.4 Å². The number of carbonyl (C=O) groups is 1. The lowest BCUT2D eigenvalue weighted by molar-refractivity contribution is -0.124. The zero-order valence-electron chi connectivity index (χ0n) is 19.1. The third-order valence-electron chi connectivity index (χ3n) is 5.72. The van der Waals surface area contributed by atoms with Gasteiger partial charge >= 0.3 is 0 Å². The Balaban J connectivity index is 1.63. The molecule has 1 aliphatic carbocycles. The highest BCUT2D eigenvalue weighted by Gasteiger charge is 2.26. The number of hydrogen-bond donors (Lipinski definition) is 3. The highest BCUT2D eigenvalue weighted by Crippen LogP contribution is 2.39. The molecule has 34 heavy (non-hydrogen) atoms. The van der Waals surface area contributed by atoms with E-state index in [1.165, 1.54) is 11.3 Å². The van der Waals surface area contributed by atoms with Crippen LogP contribution in [0.3, 0.4) is 0 Å². The Bertz CT molecular complexity index is 1230. The van der Waals surface area contributed by atoms with E-state index in [0.29, 0.717) is 11.3 Å². The molecule has 4 rings (SSSR count). The van der Waals surface area contributed by atoms with Gasteiger partial charge in [0.2, 0.25) is 5.91 Å². The Morgan fingerprint density at radius 1 is 1.32 bits per heavy atom. The first-order valence-electron chi connectivity index (χ1n) is 11.2. The van der Waals surface area contributed by atoms with Gasteiger partial charge in [-0.15, -0.1) is 10.2 Å². The van der Waals surface area contributed by atoms with E-state index in [4.69, 9.17) is 10.5 Å². The molecule has 0 aliphatic heterocycles. The van der Waals surface area contributed by atoms with Gasteiger partial charge in [0.1, 0.15) is 27.9 Å². The number of nitrogens with zero attached hydrogens (tertiary/aromatic N) is 3. The number of ether oxygens (including phenoxy) is 1. The molecule has 8 nitrogen and oxygen atoms in total. The van der Waals surface area contributed by atoms with Gasteiger partial charge in [-0.05, 0) is 62.4 Å². The van der Waals surface area contributed by atoms with E-state index in [-0.39, 0.29) is 18.1 Å². The van der Waals surface area contributed by atoms with Crippen molar-refractivity contribution in [1.82, 2.24) is 15.5 Å². The summed E-state index contributed by atoms with van der Waals surface area (Å²) in [4.78, 5) is 12.3. The Morgan fingerprint density at radius 2 is 2.12 bits per heavy atom. The molecule has 0 bridgehead atoms. The van der Waals surface area contributed by atoms with Crippen molar-refractivity contribution in [3.05, 3.63) is 53.1 Å². The van der Waals surface area contributed by atoms with E-state index in [1.54, 1.807) is 12.1 Å². The Kier molecular flexibility index (Phi) is 7.22. The molecule has 0 spiro atoms. The molecule has 1 aliphatic rings. The van der Waals surface area contributed by atoms with Crippen molar-refractivity contribution in [1.29, 1.82) is 5.26 Å². The minimum atomic E-state index is -0.935. The number of nitrogens with two attached hydrogens (primary N) is 1. The van der Waals surface area contributed by atoms with Crippen molar-refractivity contribution < 1.29 is 14.6 Å². The fraction of sp³-hybridized carbons (Fsp3) is 0.360. The van der Waals surface area contributed by atoms with E-state index in [2.05, 4.69) is 21.6 Å². The Hall–Kier alpha value is -3.32. The van der Waals surface area contributed by atoms with Crippen LogP contribution >= 0.6 is 11.3 Å². The van der Waals surface area contributed by atoms with Crippen LogP contribution in [0.2, 0.25) is 0 Å². The van der Waals surface area contributed by atoms with Crippen LogP contribution in [0, 0.1) is 11.3 Å².